The Bertz CT molecular complexity index is 1490. The molecule has 0 unspecified atom stereocenters. The summed E-state index contributed by atoms with van der Waals surface area (Å²) in [5, 5.41) is 10.9. The molecule has 33 heavy (non-hydrogen) atoms. The van der Waals surface area contributed by atoms with Crippen molar-refractivity contribution in [2.45, 2.75) is 32.4 Å². The molecule has 0 fully saturated rings. The van der Waals surface area contributed by atoms with Gasteiger partial charge in [-0.05, 0) is 72.4 Å². The smallest absolute Gasteiger partial charge is 0.353 e. The number of hydrogen-bond acceptors (Lipinski definition) is 4. The summed E-state index contributed by atoms with van der Waals surface area (Å²) < 4.78 is 16.5. The van der Waals surface area contributed by atoms with Crippen LogP contribution in [0.2, 0.25) is 0 Å². The zero-order chi connectivity index (χ0) is 23.3. The number of aromatic carboxylic acids is 1. The standard InChI is InChI=1S/C25H23FN4O3/c26-19-8-15(11-27)20(28)9-16(19)12-30-21-10-14-4-1-3-13(14)7-18(21)22(23(30)25(32)33)17-5-2-6-29-24(17)31/h2,5-10H,1,3-4,11-12,27-28H2,(H,29,31)(H,32,33). The number of benzene rings is 2. The maximum atomic E-state index is 14.9. The maximum Gasteiger partial charge on any atom is 0.353 e. The number of aromatic nitrogens is 2. The fraction of sp³-hybridized carbons (Fsp3) is 0.200. The lowest BCUT2D eigenvalue weighted by Gasteiger charge is -2.13. The summed E-state index contributed by atoms with van der Waals surface area (Å²) in [7, 11) is 0. The van der Waals surface area contributed by atoms with Crippen molar-refractivity contribution >= 4 is 22.6 Å². The molecule has 2 aromatic heterocycles. The number of fused-ring (bicyclic) bond motifs is 2. The summed E-state index contributed by atoms with van der Waals surface area (Å²) in [6, 6.07) is 10.00. The van der Waals surface area contributed by atoms with Gasteiger partial charge in [-0.3, -0.25) is 4.79 Å². The van der Waals surface area contributed by atoms with Crippen LogP contribution in [-0.4, -0.2) is 20.6 Å². The average molecular weight is 446 g/mol. The number of pyridine rings is 1. The Kier molecular flexibility index (Phi) is 5.02. The van der Waals surface area contributed by atoms with E-state index in [0.717, 1.165) is 30.4 Å². The van der Waals surface area contributed by atoms with E-state index >= 15 is 0 Å². The quantitative estimate of drug-likeness (QED) is 0.350. The molecule has 0 atom stereocenters. The highest BCUT2D eigenvalue weighted by Crippen LogP contribution is 2.38. The van der Waals surface area contributed by atoms with Crippen molar-refractivity contribution in [1.29, 1.82) is 0 Å². The number of carboxylic acid groups (broad SMARTS) is 1. The van der Waals surface area contributed by atoms with Crippen molar-refractivity contribution in [3.05, 3.63) is 86.7 Å². The van der Waals surface area contributed by atoms with Gasteiger partial charge in [-0.15, -0.1) is 0 Å². The van der Waals surface area contributed by atoms with E-state index < -0.39 is 11.8 Å². The second kappa shape index (κ2) is 7.90. The minimum atomic E-state index is -1.20. The molecule has 168 valence electrons. The van der Waals surface area contributed by atoms with Crippen molar-refractivity contribution in [2.75, 3.05) is 5.73 Å². The van der Waals surface area contributed by atoms with Crippen LogP contribution in [0.3, 0.4) is 0 Å². The highest BCUT2D eigenvalue weighted by atomic mass is 19.1. The normalized spacial score (nSPS) is 12.9. The third-order valence-corrected chi connectivity index (χ3v) is 6.42. The number of carboxylic acids is 1. The van der Waals surface area contributed by atoms with Gasteiger partial charge >= 0.3 is 5.97 Å². The molecule has 7 nitrogen and oxygen atoms in total. The number of nitrogens with one attached hydrogen (secondary N) is 1. The maximum absolute atomic E-state index is 14.9. The fourth-order valence-electron chi connectivity index (χ4n) is 4.84. The second-order valence-electron chi connectivity index (χ2n) is 8.37. The van der Waals surface area contributed by atoms with Crippen LogP contribution in [-0.2, 0) is 25.9 Å². The molecule has 5 rings (SSSR count). The predicted molar refractivity (Wildman–Crippen MR) is 125 cm³/mol. The van der Waals surface area contributed by atoms with Crippen LogP contribution in [0.5, 0.6) is 0 Å². The molecule has 0 saturated carbocycles. The largest absolute Gasteiger partial charge is 0.477 e. The van der Waals surface area contributed by atoms with E-state index in [2.05, 4.69) is 4.98 Å². The lowest BCUT2D eigenvalue weighted by Crippen LogP contribution is -2.14. The van der Waals surface area contributed by atoms with Gasteiger partial charge in [-0.1, -0.05) is 0 Å². The first-order chi connectivity index (χ1) is 15.9. The molecule has 8 heteroatoms. The molecule has 1 aliphatic carbocycles. The van der Waals surface area contributed by atoms with Crippen LogP contribution in [0.4, 0.5) is 10.1 Å². The van der Waals surface area contributed by atoms with Gasteiger partial charge in [0.2, 0.25) is 0 Å². The Morgan fingerprint density at radius 2 is 1.91 bits per heavy atom. The molecule has 0 aliphatic heterocycles. The molecule has 2 aromatic carbocycles. The van der Waals surface area contributed by atoms with Crippen molar-refractivity contribution in [3.63, 3.8) is 0 Å². The number of rotatable bonds is 5. The van der Waals surface area contributed by atoms with E-state index in [1.807, 2.05) is 12.1 Å². The molecule has 0 amide bonds. The van der Waals surface area contributed by atoms with E-state index in [1.165, 1.54) is 18.3 Å². The average Bonchev–Trinajstić information content (AvgIpc) is 3.37. The van der Waals surface area contributed by atoms with E-state index in [-0.39, 0.29) is 35.5 Å². The van der Waals surface area contributed by atoms with Crippen molar-refractivity contribution < 1.29 is 14.3 Å². The molecular weight excluding hydrogens is 423 g/mol. The van der Waals surface area contributed by atoms with E-state index in [1.54, 1.807) is 16.7 Å². The molecule has 4 aromatic rings. The summed E-state index contributed by atoms with van der Waals surface area (Å²) in [6.07, 6.45) is 4.31. The first kappa shape index (κ1) is 21.0. The van der Waals surface area contributed by atoms with Gasteiger partial charge in [0.05, 0.1) is 6.54 Å². The third-order valence-electron chi connectivity index (χ3n) is 6.42. The molecule has 2 heterocycles. The summed E-state index contributed by atoms with van der Waals surface area (Å²) in [5.41, 5.74) is 15.8. The van der Waals surface area contributed by atoms with Gasteiger partial charge in [0.1, 0.15) is 11.5 Å². The number of hydrogen-bond donors (Lipinski definition) is 4. The molecule has 0 saturated heterocycles. The molecular formula is C25H23FN4O3. The SMILES string of the molecule is NCc1cc(F)c(Cn2c(C(=O)O)c(-c3ccc[nH]c3=O)c3cc4c(cc32)CCC4)cc1N. The lowest BCUT2D eigenvalue weighted by atomic mass is 10.00. The number of anilines is 1. The number of nitrogen functional groups attached to an aromatic ring is 1. The lowest BCUT2D eigenvalue weighted by molar-refractivity contribution is 0.0687. The van der Waals surface area contributed by atoms with Crippen LogP contribution >= 0.6 is 0 Å². The van der Waals surface area contributed by atoms with E-state index in [4.69, 9.17) is 11.5 Å². The molecule has 6 N–H and O–H groups in total. The molecule has 1 aliphatic rings. The Morgan fingerprint density at radius 1 is 1.15 bits per heavy atom. The molecule has 0 spiro atoms. The van der Waals surface area contributed by atoms with Gasteiger partial charge in [0.25, 0.3) is 5.56 Å². The van der Waals surface area contributed by atoms with Crippen molar-refractivity contribution in [3.8, 4) is 11.1 Å². The number of nitrogens with two attached hydrogens (primary N) is 2. The predicted octanol–water partition coefficient (Wildman–Crippen LogP) is 3.41. The number of aromatic amines is 1. The number of aryl methyl sites for hydroxylation is 2. The summed E-state index contributed by atoms with van der Waals surface area (Å²) in [5.74, 6) is -1.71. The Morgan fingerprint density at radius 3 is 2.61 bits per heavy atom. The number of H-pyrrole nitrogens is 1. The van der Waals surface area contributed by atoms with Gasteiger partial charge in [-0.2, -0.15) is 0 Å². The van der Waals surface area contributed by atoms with Crippen molar-refractivity contribution in [2.24, 2.45) is 5.73 Å². The summed E-state index contributed by atoms with van der Waals surface area (Å²) in [4.78, 5) is 27.8. The van der Waals surface area contributed by atoms with Crippen molar-refractivity contribution in [1.82, 2.24) is 9.55 Å². The molecule has 0 radical (unpaired) electrons. The monoisotopic (exact) mass is 446 g/mol. The van der Waals surface area contributed by atoms with Gasteiger partial charge in [0.15, 0.2) is 0 Å². The minimum Gasteiger partial charge on any atom is -0.477 e. The Balaban J connectivity index is 1.83. The van der Waals surface area contributed by atoms with Crippen LogP contribution < -0.4 is 17.0 Å². The van der Waals surface area contributed by atoms with E-state index in [9.17, 15) is 19.1 Å². The highest BCUT2D eigenvalue weighted by molar-refractivity contribution is 6.08. The topological polar surface area (TPSA) is 127 Å². The number of halogens is 1. The Hall–Kier alpha value is -3.91. The Labute approximate surface area is 188 Å². The van der Waals surface area contributed by atoms with Gasteiger partial charge < -0.3 is 26.1 Å². The zero-order valence-corrected chi connectivity index (χ0v) is 17.8. The van der Waals surface area contributed by atoms with Crippen LogP contribution in [0.25, 0.3) is 22.0 Å². The number of carbonyl (C=O) groups is 1. The van der Waals surface area contributed by atoms with Crippen LogP contribution in [0, 0.1) is 5.82 Å². The third kappa shape index (κ3) is 3.39. The summed E-state index contributed by atoms with van der Waals surface area (Å²) in [6.45, 7) is 0.0471. The van der Waals surface area contributed by atoms with Crippen LogP contribution in [0.15, 0.2) is 47.4 Å². The van der Waals surface area contributed by atoms with E-state index in [0.29, 0.717) is 27.7 Å². The fourth-order valence-corrected chi connectivity index (χ4v) is 4.84. The first-order valence-corrected chi connectivity index (χ1v) is 10.7. The van der Waals surface area contributed by atoms with Gasteiger partial charge in [-0.25, -0.2) is 9.18 Å². The first-order valence-electron chi connectivity index (χ1n) is 10.7. The second-order valence-corrected chi connectivity index (χ2v) is 8.37. The number of nitrogens with zero attached hydrogens (tertiary/aromatic N) is 1. The zero-order valence-electron chi connectivity index (χ0n) is 17.8. The minimum absolute atomic E-state index is 0.0530. The molecule has 0 bridgehead atoms. The highest BCUT2D eigenvalue weighted by Gasteiger charge is 2.27. The van der Waals surface area contributed by atoms with Crippen LogP contribution in [0.1, 0.15) is 39.2 Å². The van der Waals surface area contributed by atoms with Gasteiger partial charge in [0, 0.05) is 46.0 Å². The summed E-state index contributed by atoms with van der Waals surface area (Å²) >= 11 is 0.